The number of rotatable bonds is 5. The van der Waals surface area contributed by atoms with Gasteiger partial charge in [0.25, 0.3) is 5.91 Å². The molecule has 2 N–H and O–H groups in total. The van der Waals surface area contributed by atoms with Crippen LogP contribution < -0.4 is 27.3 Å². The summed E-state index contributed by atoms with van der Waals surface area (Å²) < 4.78 is 2.00. The third kappa shape index (κ3) is 4.83. The van der Waals surface area contributed by atoms with Crippen molar-refractivity contribution in [3.63, 3.8) is 0 Å². The maximum absolute atomic E-state index is 11.1. The molecule has 0 saturated carbocycles. The maximum Gasteiger partial charge on any atom is 0.254 e. The summed E-state index contributed by atoms with van der Waals surface area (Å²) in [5, 5.41) is 0. The van der Waals surface area contributed by atoms with E-state index >= 15 is 0 Å². The lowest BCUT2D eigenvalue weighted by atomic mass is 10.1. The summed E-state index contributed by atoms with van der Waals surface area (Å²) in [7, 11) is 0. The highest BCUT2D eigenvalue weighted by atomic mass is 79.9. The van der Waals surface area contributed by atoms with Crippen LogP contribution in [0.5, 0.6) is 0 Å². The van der Waals surface area contributed by atoms with Crippen molar-refractivity contribution in [1.82, 2.24) is 0 Å². The second kappa shape index (κ2) is 7.69. The molecule has 0 bridgehead atoms. The molecule has 0 fully saturated rings. The molecule has 1 aromatic carbocycles. The smallest absolute Gasteiger partial charge is 0.254 e. The number of hydrogen-bond donors (Lipinski definition) is 1. The van der Waals surface area contributed by atoms with Gasteiger partial charge in [-0.1, -0.05) is 30.3 Å². The molecule has 2 rings (SSSR count). The number of aryl methyl sites for hydroxylation is 2. The first-order chi connectivity index (χ1) is 8.75. The van der Waals surface area contributed by atoms with E-state index < -0.39 is 0 Å². The minimum Gasteiger partial charge on any atom is -1.00 e. The van der Waals surface area contributed by atoms with Crippen LogP contribution in [0.25, 0.3) is 0 Å². The summed E-state index contributed by atoms with van der Waals surface area (Å²) >= 11 is 0. The van der Waals surface area contributed by atoms with Gasteiger partial charge in [-0.2, -0.15) is 0 Å². The fourth-order valence-electron chi connectivity index (χ4n) is 1.92. The summed E-state index contributed by atoms with van der Waals surface area (Å²) in [5.74, 6) is -0.382. The number of aromatic nitrogens is 1. The van der Waals surface area contributed by atoms with Crippen molar-refractivity contribution in [2.24, 2.45) is 5.73 Å². The van der Waals surface area contributed by atoms with Crippen molar-refractivity contribution in [2.45, 2.75) is 19.4 Å². The number of nitrogens with zero attached hydrogens (tertiary/aromatic N) is 1. The summed E-state index contributed by atoms with van der Waals surface area (Å²) in [5.41, 5.74) is 7.14. The zero-order chi connectivity index (χ0) is 12.8. The molecule has 0 aliphatic carbocycles. The van der Waals surface area contributed by atoms with Crippen LogP contribution in [0.3, 0.4) is 0 Å². The minimum absolute atomic E-state index is 0. The molecule has 1 amide bonds. The molecule has 3 nitrogen and oxygen atoms in total. The first-order valence-corrected chi connectivity index (χ1v) is 6.08. The second-order valence-corrected chi connectivity index (χ2v) is 4.28. The van der Waals surface area contributed by atoms with Crippen molar-refractivity contribution in [3.8, 4) is 0 Å². The summed E-state index contributed by atoms with van der Waals surface area (Å²) in [4.78, 5) is 11.1. The number of carbonyl (C=O) groups excluding carboxylic acids is 1. The fourth-order valence-corrected chi connectivity index (χ4v) is 1.92. The molecular weight excluding hydrogens is 304 g/mol. The number of pyridine rings is 1. The van der Waals surface area contributed by atoms with Crippen LogP contribution in [-0.4, -0.2) is 5.91 Å². The van der Waals surface area contributed by atoms with E-state index in [-0.39, 0.29) is 22.9 Å². The topological polar surface area (TPSA) is 47.0 Å². The Bertz CT molecular complexity index is 529. The van der Waals surface area contributed by atoms with E-state index in [9.17, 15) is 4.79 Å². The van der Waals surface area contributed by atoms with Crippen molar-refractivity contribution in [1.29, 1.82) is 0 Å². The zero-order valence-corrected chi connectivity index (χ0v) is 12.2. The van der Waals surface area contributed by atoms with Gasteiger partial charge in [0.2, 0.25) is 0 Å². The zero-order valence-electron chi connectivity index (χ0n) is 10.6. The number of nitrogens with two attached hydrogens (primary N) is 1. The predicted molar refractivity (Wildman–Crippen MR) is 69.9 cm³/mol. The number of benzene rings is 1. The average molecular weight is 321 g/mol. The molecule has 0 unspecified atom stereocenters. The van der Waals surface area contributed by atoms with E-state index in [1.807, 2.05) is 22.9 Å². The van der Waals surface area contributed by atoms with Gasteiger partial charge in [0.15, 0.2) is 12.4 Å². The molecule has 100 valence electrons. The van der Waals surface area contributed by atoms with Gasteiger partial charge in [0.1, 0.15) is 12.1 Å². The van der Waals surface area contributed by atoms with Crippen molar-refractivity contribution >= 4 is 5.91 Å². The van der Waals surface area contributed by atoms with Crippen molar-refractivity contribution in [2.75, 3.05) is 0 Å². The quantitative estimate of drug-likeness (QED) is 0.685. The Balaban J connectivity index is 0.00000180. The normalized spacial score (nSPS) is 9.68. The molecule has 0 aliphatic rings. The van der Waals surface area contributed by atoms with Gasteiger partial charge in [-0.05, 0) is 18.1 Å². The van der Waals surface area contributed by atoms with E-state index in [0.29, 0.717) is 5.56 Å². The molecule has 0 saturated heterocycles. The lowest BCUT2D eigenvalue weighted by molar-refractivity contribution is -0.697. The highest BCUT2D eigenvalue weighted by Gasteiger charge is 2.06. The molecular formula is C15H17BrN2O. The number of halogens is 1. The van der Waals surface area contributed by atoms with E-state index in [1.54, 1.807) is 12.3 Å². The largest absolute Gasteiger partial charge is 1.00 e. The van der Waals surface area contributed by atoms with Gasteiger partial charge >= 0.3 is 0 Å². The number of carbonyl (C=O) groups is 1. The molecule has 19 heavy (non-hydrogen) atoms. The molecule has 0 spiro atoms. The van der Waals surface area contributed by atoms with Gasteiger partial charge in [-0.25, -0.2) is 4.57 Å². The fraction of sp³-hybridized carbons (Fsp3) is 0.200. The maximum atomic E-state index is 11.1. The average Bonchev–Trinajstić information content (AvgIpc) is 2.40. The lowest BCUT2D eigenvalue weighted by Gasteiger charge is -2.00. The Kier molecular flexibility index (Phi) is 6.22. The Labute approximate surface area is 123 Å². The van der Waals surface area contributed by atoms with E-state index in [1.165, 1.54) is 5.56 Å². The molecule has 0 atom stereocenters. The summed E-state index contributed by atoms with van der Waals surface area (Å²) in [6.07, 6.45) is 5.83. The number of primary amides is 1. The second-order valence-electron chi connectivity index (χ2n) is 4.28. The molecule has 4 heteroatoms. The Hall–Kier alpha value is -1.68. The van der Waals surface area contributed by atoms with Gasteiger partial charge in [0.05, 0.1) is 0 Å². The standard InChI is InChI=1S/C15H16N2O.BrH/c16-15(18)14-9-5-11-17(12-14)10-4-8-13-6-2-1-3-7-13;/h1-3,5-7,9,11-12H,4,8,10H2,(H-,16,18);1H. The molecule has 2 aromatic rings. The Morgan fingerprint density at radius 2 is 1.84 bits per heavy atom. The van der Waals surface area contributed by atoms with Crippen LogP contribution in [0.15, 0.2) is 54.9 Å². The number of amides is 1. The van der Waals surface area contributed by atoms with Crippen LogP contribution >= 0.6 is 0 Å². The van der Waals surface area contributed by atoms with Gasteiger partial charge < -0.3 is 22.7 Å². The Morgan fingerprint density at radius 1 is 1.11 bits per heavy atom. The summed E-state index contributed by atoms with van der Waals surface area (Å²) in [6, 6.07) is 14.0. The van der Waals surface area contributed by atoms with Gasteiger partial charge in [0, 0.05) is 12.5 Å². The van der Waals surface area contributed by atoms with Crippen LogP contribution in [0.2, 0.25) is 0 Å². The minimum atomic E-state index is -0.382. The van der Waals surface area contributed by atoms with Crippen molar-refractivity contribution < 1.29 is 26.3 Å². The van der Waals surface area contributed by atoms with E-state index in [0.717, 1.165) is 19.4 Å². The van der Waals surface area contributed by atoms with E-state index in [2.05, 4.69) is 24.3 Å². The molecule has 0 aliphatic heterocycles. The SMILES string of the molecule is NC(=O)c1ccc[n+](CCCc2ccccc2)c1.[Br-]. The molecule has 1 aromatic heterocycles. The van der Waals surface area contributed by atoms with Crippen LogP contribution in [0, 0.1) is 0 Å². The van der Waals surface area contributed by atoms with Crippen molar-refractivity contribution in [3.05, 3.63) is 66.0 Å². The molecule has 0 radical (unpaired) electrons. The van der Waals surface area contributed by atoms with Crippen LogP contribution in [0.1, 0.15) is 22.3 Å². The monoisotopic (exact) mass is 320 g/mol. The molecule has 1 heterocycles. The third-order valence-electron chi connectivity index (χ3n) is 2.87. The highest BCUT2D eigenvalue weighted by Crippen LogP contribution is 2.02. The lowest BCUT2D eigenvalue weighted by Crippen LogP contribution is -3.00. The number of hydrogen-bond acceptors (Lipinski definition) is 1. The van der Waals surface area contributed by atoms with Crippen LogP contribution in [0.4, 0.5) is 0 Å². The third-order valence-corrected chi connectivity index (χ3v) is 2.87. The summed E-state index contributed by atoms with van der Waals surface area (Å²) in [6.45, 7) is 0.885. The van der Waals surface area contributed by atoms with E-state index in [4.69, 9.17) is 5.73 Å². The first kappa shape index (κ1) is 15.4. The predicted octanol–water partition coefficient (Wildman–Crippen LogP) is -1.29. The van der Waals surface area contributed by atoms with Gasteiger partial charge in [-0.15, -0.1) is 0 Å². The first-order valence-electron chi connectivity index (χ1n) is 6.08. The van der Waals surface area contributed by atoms with Gasteiger partial charge in [-0.3, -0.25) is 4.79 Å². The highest BCUT2D eigenvalue weighted by molar-refractivity contribution is 5.92. The van der Waals surface area contributed by atoms with Crippen LogP contribution in [-0.2, 0) is 13.0 Å². The Morgan fingerprint density at radius 3 is 2.53 bits per heavy atom.